The number of halogens is 3. The summed E-state index contributed by atoms with van der Waals surface area (Å²) in [6.07, 6.45) is -0.710. The van der Waals surface area contributed by atoms with Gasteiger partial charge in [-0.15, -0.1) is 0 Å². The van der Waals surface area contributed by atoms with Gasteiger partial charge in [-0.05, 0) is 37.3 Å². The molecule has 2 aromatic carbocycles. The molecule has 0 aliphatic rings. The molecule has 0 saturated carbocycles. The lowest BCUT2D eigenvalue weighted by molar-refractivity contribution is -0.122. The summed E-state index contributed by atoms with van der Waals surface area (Å²) < 4.78 is 5.53. The first-order valence-corrected chi connectivity index (χ1v) is 7.28. The Morgan fingerprint density at radius 3 is 2.57 bits per heavy atom. The van der Waals surface area contributed by atoms with E-state index in [4.69, 9.17) is 39.5 Å². The molecule has 0 bridgehead atoms. The average molecular weight is 345 g/mol. The lowest BCUT2D eigenvalue weighted by Gasteiger charge is -2.15. The Morgan fingerprint density at radius 1 is 1.14 bits per heavy atom. The Labute approximate surface area is 137 Å². The lowest BCUT2D eigenvalue weighted by Crippen LogP contribution is -2.30. The lowest BCUT2D eigenvalue weighted by atomic mass is 10.3. The highest BCUT2D eigenvalue weighted by atomic mass is 35.5. The van der Waals surface area contributed by atoms with Gasteiger partial charge in [-0.25, -0.2) is 0 Å². The molecule has 0 aromatic heterocycles. The van der Waals surface area contributed by atoms with Gasteiger partial charge in [0.15, 0.2) is 6.10 Å². The van der Waals surface area contributed by atoms with Gasteiger partial charge in [0, 0.05) is 5.02 Å². The van der Waals surface area contributed by atoms with Crippen LogP contribution in [0.15, 0.2) is 42.5 Å². The third-order valence-electron chi connectivity index (χ3n) is 2.69. The minimum atomic E-state index is -0.710. The predicted molar refractivity (Wildman–Crippen MR) is 86.6 cm³/mol. The SMILES string of the molecule is C[C@@H](Oc1cccc(Cl)c1)C(=O)Nc1cccc(Cl)c1Cl. The Hall–Kier alpha value is -1.42. The summed E-state index contributed by atoms with van der Waals surface area (Å²) in [6.45, 7) is 1.63. The molecule has 0 radical (unpaired) electrons. The van der Waals surface area contributed by atoms with E-state index in [0.717, 1.165) is 0 Å². The highest BCUT2D eigenvalue weighted by Gasteiger charge is 2.16. The minimum absolute atomic E-state index is 0.294. The van der Waals surface area contributed by atoms with Crippen LogP contribution < -0.4 is 10.1 Å². The van der Waals surface area contributed by atoms with Gasteiger partial charge in [-0.3, -0.25) is 4.79 Å². The van der Waals surface area contributed by atoms with Gasteiger partial charge in [0.05, 0.1) is 15.7 Å². The van der Waals surface area contributed by atoms with Crippen LogP contribution in [0.1, 0.15) is 6.92 Å². The molecule has 0 spiro atoms. The van der Waals surface area contributed by atoms with E-state index in [1.54, 1.807) is 49.4 Å². The van der Waals surface area contributed by atoms with Gasteiger partial charge in [-0.2, -0.15) is 0 Å². The topological polar surface area (TPSA) is 38.3 Å². The normalized spacial score (nSPS) is 11.8. The average Bonchev–Trinajstić information content (AvgIpc) is 2.44. The molecule has 0 fully saturated rings. The van der Waals surface area contributed by atoms with Crippen molar-refractivity contribution in [3.63, 3.8) is 0 Å². The summed E-state index contributed by atoms with van der Waals surface area (Å²) in [5, 5.41) is 3.88. The zero-order chi connectivity index (χ0) is 15.4. The second-order valence-corrected chi connectivity index (χ2v) is 5.53. The quantitative estimate of drug-likeness (QED) is 0.842. The van der Waals surface area contributed by atoms with Crippen LogP contribution in [0, 0.1) is 0 Å². The van der Waals surface area contributed by atoms with Crippen molar-refractivity contribution in [3.8, 4) is 5.75 Å². The first-order chi connectivity index (χ1) is 9.97. The fraction of sp³-hybridized carbons (Fsp3) is 0.133. The van der Waals surface area contributed by atoms with E-state index in [2.05, 4.69) is 5.32 Å². The zero-order valence-corrected chi connectivity index (χ0v) is 13.3. The molecule has 0 unspecified atom stereocenters. The van der Waals surface area contributed by atoms with Gasteiger partial charge in [0.25, 0.3) is 5.91 Å². The predicted octanol–water partition coefficient (Wildman–Crippen LogP) is 5.05. The molecule has 110 valence electrons. The number of carbonyl (C=O) groups is 1. The van der Waals surface area contributed by atoms with Crippen molar-refractivity contribution < 1.29 is 9.53 Å². The summed E-state index contributed by atoms with van der Waals surface area (Å²) >= 11 is 17.8. The molecule has 2 aromatic rings. The minimum Gasteiger partial charge on any atom is -0.481 e. The Balaban J connectivity index is 2.04. The van der Waals surface area contributed by atoms with Crippen LogP contribution in [0.4, 0.5) is 5.69 Å². The van der Waals surface area contributed by atoms with E-state index in [-0.39, 0.29) is 5.91 Å². The molecule has 6 heteroatoms. The third kappa shape index (κ3) is 4.27. The zero-order valence-electron chi connectivity index (χ0n) is 11.1. The van der Waals surface area contributed by atoms with Gasteiger partial charge >= 0.3 is 0 Å². The van der Waals surface area contributed by atoms with Crippen LogP contribution in [0.5, 0.6) is 5.75 Å². The second kappa shape index (κ2) is 7.03. The molecule has 0 saturated heterocycles. The number of hydrogen-bond donors (Lipinski definition) is 1. The maximum absolute atomic E-state index is 12.1. The molecular weight excluding hydrogens is 333 g/mol. The van der Waals surface area contributed by atoms with Gasteiger partial charge in [-0.1, -0.05) is 46.9 Å². The number of benzene rings is 2. The van der Waals surface area contributed by atoms with E-state index >= 15 is 0 Å². The molecule has 1 N–H and O–H groups in total. The first-order valence-electron chi connectivity index (χ1n) is 6.14. The van der Waals surface area contributed by atoms with Crippen LogP contribution in [-0.4, -0.2) is 12.0 Å². The number of ether oxygens (including phenoxy) is 1. The molecular formula is C15H12Cl3NO2. The largest absolute Gasteiger partial charge is 0.481 e. The Kier molecular flexibility index (Phi) is 5.34. The molecule has 0 aliphatic carbocycles. The highest BCUT2D eigenvalue weighted by molar-refractivity contribution is 6.44. The van der Waals surface area contributed by atoms with E-state index in [9.17, 15) is 4.79 Å². The van der Waals surface area contributed by atoms with E-state index in [1.165, 1.54) is 0 Å². The summed E-state index contributed by atoms with van der Waals surface area (Å²) in [4.78, 5) is 12.1. The highest BCUT2D eigenvalue weighted by Crippen LogP contribution is 2.29. The van der Waals surface area contributed by atoms with Crippen molar-refractivity contribution in [2.75, 3.05) is 5.32 Å². The molecule has 0 heterocycles. The van der Waals surface area contributed by atoms with Crippen LogP contribution >= 0.6 is 34.8 Å². The van der Waals surface area contributed by atoms with E-state index in [1.807, 2.05) is 0 Å². The molecule has 2 rings (SSSR count). The fourth-order valence-electron chi connectivity index (χ4n) is 1.63. The summed E-state index contributed by atoms with van der Waals surface area (Å²) in [5.74, 6) is 0.182. The first kappa shape index (κ1) is 16.0. The number of hydrogen-bond acceptors (Lipinski definition) is 2. The van der Waals surface area contributed by atoms with Crippen LogP contribution in [0.25, 0.3) is 0 Å². The maximum Gasteiger partial charge on any atom is 0.265 e. The molecule has 21 heavy (non-hydrogen) atoms. The van der Waals surface area contributed by atoms with Crippen LogP contribution in [-0.2, 0) is 4.79 Å². The molecule has 1 amide bonds. The Bertz CT molecular complexity index is 661. The van der Waals surface area contributed by atoms with Gasteiger partial charge < -0.3 is 10.1 Å². The summed E-state index contributed by atoms with van der Waals surface area (Å²) in [7, 11) is 0. The van der Waals surface area contributed by atoms with Gasteiger partial charge in [0.1, 0.15) is 5.75 Å². The van der Waals surface area contributed by atoms with Gasteiger partial charge in [0.2, 0.25) is 0 Å². The summed E-state index contributed by atoms with van der Waals surface area (Å²) in [6, 6.07) is 11.8. The van der Waals surface area contributed by atoms with Crippen LogP contribution in [0.3, 0.4) is 0 Å². The monoisotopic (exact) mass is 343 g/mol. The molecule has 1 atom stereocenters. The second-order valence-electron chi connectivity index (χ2n) is 4.31. The third-order valence-corrected chi connectivity index (χ3v) is 3.74. The van der Waals surface area contributed by atoms with Crippen molar-refractivity contribution in [2.24, 2.45) is 0 Å². The smallest absolute Gasteiger partial charge is 0.265 e. The fourth-order valence-corrected chi connectivity index (χ4v) is 2.16. The number of anilines is 1. The number of carbonyl (C=O) groups excluding carboxylic acids is 1. The van der Waals surface area contributed by atoms with Crippen molar-refractivity contribution >= 4 is 46.4 Å². The number of amides is 1. The van der Waals surface area contributed by atoms with E-state index in [0.29, 0.717) is 26.5 Å². The van der Waals surface area contributed by atoms with Crippen molar-refractivity contribution in [3.05, 3.63) is 57.5 Å². The standard InChI is InChI=1S/C15H12Cl3NO2/c1-9(21-11-5-2-4-10(16)8-11)15(20)19-13-7-3-6-12(17)14(13)18/h2-9H,1H3,(H,19,20)/t9-/m1/s1. The number of nitrogens with one attached hydrogen (secondary N) is 1. The van der Waals surface area contributed by atoms with E-state index < -0.39 is 6.10 Å². The molecule has 3 nitrogen and oxygen atoms in total. The Morgan fingerprint density at radius 2 is 1.86 bits per heavy atom. The summed E-state index contributed by atoms with van der Waals surface area (Å²) in [5.41, 5.74) is 0.440. The van der Waals surface area contributed by atoms with Crippen molar-refractivity contribution in [1.82, 2.24) is 0 Å². The maximum atomic E-state index is 12.1. The van der Waals surface area contributed by atoms with Crippen molar-refractivity contribution in [1.29, 1.82) is 0 Å². The van der Waals surface area contributed by atoms with Crippen molar-refractivity contribution in [2.45, 2.75) is 13.0 Å². The van der Waals surface area contributed by atoms with Crippen LogP contribution in [0.2, 0.25) is 15.1 Å². The number of rotatable bonds is 4. The molecule has 0 aliphatic heterocycles.